The van der Waals surface area contributed by atoms with E-state index in [4.69, 9.17) is 9.47 Å². The maximum absolute atomic E-state index is 12.0. The first kappa shape index (κ1) is 13.6. The summed E-state index contributed by atoms with van der Waals surface area (Å²) in [6, 6.07) is 5.93. The largest absolute Gasteiger partial charge is 0.575 e. The van der Waals surface area contributed by atoms with E-state index in [1.807, 2.05) is 0 Å². The van der Waals surface area contributed by atoms with Crippen molar-refractivity contribution in [2.45, 2.75) is 24.5 Å². The second kappa shape index (κ2) is 4.08. The lowest BCUT2D eigenvalue weighted by atomic mass is 10.0. The van der Waals surface area contributed by atoms with Crippen molar-refractivity contribution in [3.8, 4) is 0 Å². The third kappa shape index (κ3) is 2.07. The minimum Gasteiger partial charge on any atom is -0.575 e. The van der Waals surface area contributed by atoms with Crippen molar-refractivity contribution in [2.24, 2.45) is 4.40 Å². The van der Waals surface area contributed by atoms with E-state index in [2.05, 4.69) is 4.40 Å². The molecule has 0 fully saturated rings. The molecule has 1 aromatic carbocycles. The van der Waals surface area contributed by atoms with Gasteiger partial charge < -0.3 is 14.6 Å². The number of esters is 1. The van der Waals surface area contributed by atoms with Crippen molar-refractivity contribution >= 4 is 21.7 Å². The molecular weight excluding hydrogens is 298 g/mol. The standard InChI is InChI=1S/C13H11NO6S/c1-13(2)19-11(15)9(12(16)20-13)10-7-5-3-4-6-8(7)21(17,18)14-10/h3-6,15H,1-2H3/p-1. The van der Waals surface area contributed by atoms with Crippen LogP contribution in [0.3, 0.4) is 0 Å². The van der Waals surface area contributed by atoms with Crippen LogP contribution in [0.25, 0.3) is 0 Å². The lowest BCUT2D eigenvalue weighted by Crippen LogP contribution is -2.41. The Morgan fingerprint density at radius 2 is 1.86 bits per heavy atom. The minimum atomic E-state index is -3.93. The number of carbonyl (C=O) groups excluding carboxylic acids is 1. The van der Waals surface area contributed by atoms with Gasteiger partial charge in [-0.15, -0.1) is 0 Å². The number of ether oxygens (including phenoxy) is 2. The smallest absolute Gasteiger partial charge is 0.343 e. The van der Waals surface area contributed by atoms with Gasteiger partial charge >= 0.3 is 5.97 Å². The number of nitrogens with zero attached hydrogens (tertiary/aromatic N) is 1. The highest BCUT2D eigenvalue weighted by atomic mass is 32.2. The van der Waals surface area contributed by atoms with Crippen LogP contribution in [0.5, 0.6) is 0 Å². The van der Waals surface area contributed by atoms with Crippen molar-refractivity contribution in [1.29, 1.82) is 0 Å². The van der Waals surface area contributed by atoms with Gasteiger partial charge in [0, 0.05) is 5.56 Å². The number of hydrogen-bond donors (Lipinski definition) is 0. The summed E-state index contributed by atoms with van der Waals surface area (Å²) in [4.78, 5) is 11.9. The van der Waals surface area contributed by atoms with Gasteiger partial charge in [0.15, 0.2) is 5.79 Å². The van der Waals surface area contributed by atoms with Gasteiger partial charge in [-0.05, 0) is 19.9 Å². The quantitative estimate of drug-likeness (QED) is 0.679. The molecule has 3 rings (SSSR count). The van der Waals surface area contributed by atoms with Crippen LogP contribution in [0.15, 0.2) is 45.1 Å². The van der Waals surface area contributed by atoms with Crippen molar-refractivity contribution in [2.75, 3.05) is 0 Å². The highest BCUT2D eigenvalue weighted by molar-refractivity contribution is 7.90. The molecule has 21 heavy (non-hydrogen) atoms. The number of rotatable bonds is 1. The van der Waals surface area contributed by atoms with Gasteiger partial charge in [0.1, 0.15) is 11.3 Å². The molecule has 0 aliphatic carbocycles. The highest BCUT2D eigenvalue weighted by Gasteiger charge is 2.38. The molecule has 2 aliphatic heterocycles. The fraction of sp³-hybridized carbons (Fsp3) is 0.231. The first-order valence-corrected chi connectivity index (χ1v) is 7.44. The zero-order valence-electron chi connectivity index (χ0n) is 11.1. The summed E-state index contributed by atoms with van der Waals surface area (Å²) in [5.41, 5.74) is -0.569. The number of cyclic esters (lactones) is 1. The van der Waals surface area contributed by atoms with E-state index < -0.39 is 33.3 Å². The van der Waals surface area contributed by atoms with E-state index in [0.29, 0.717) is 0 Å². The Morgan fingerprint density at radius 3 is 2.52 bits per heavy atom. The molecule has 2 heterocycles. The molecule has 0 bridgehead atoms. The Morgan fingerprint density at radius 1 is 1.19 bits per heavy atom. The van der Waals surface area contributed by atoms with Crippen LogP contribution >= 0.6 is 0 Å². The number of fused-ring (bicyclic) bond motifs is 1. The maximum Gasteiger partial charge on any atom is 0.343 e. The molecule has 0 unspecified atom stereocenters. The van der Waals surface area contributed by atoms with Crippen LogP contribution in [0.2, 0.25) is 0 Å². The van der Waals surface area contributed by atoms with Gasteiger partial charge in [0.05, 0.1) is 10.8 Å². The van der Waals surface area contributed by atoms with Crippen molar-refractivity contribution in [3.63, 3.8) is 0 Å². The molecule has 0 aromatic heterocycles. The predicted octanol–water partition coefficient (Wildman–Crippen LogP) is 0.0594. The van der Waals surface area contributed by atoms with E-state index in [-0.39, 0.29) is 16.2 Å². The fourth-order valence-corrected chi connectivity index (χ4v) is 3.35. The monoisotopic (exact) mass is 308 g/mol. The Bertz CT molecular complexity index is 819. The molecule has 0 saturated carbocycles. The molecular formula is C13H10NO6S-. The lowest BCUT2D eigenvalue weighted by Gasteiger charge is -2.39. The van der Waals surface area contributed by atoms with Crippen molar-refractivity contribution in [1.82, 2.24) is 0 Å². The molecule has 0 radical (unpaired) electrons. The van der Waals surface area contributed by atoms with Gasteiger partial charge in [-0.1, -0.05) is 18.2 Å². The van der Waals surface area contributed by atoms with Crippen LogP contribution in [-0.2, 0) is 24.3 Å². The molecule has 7 nitrogen and oxygen atoms in total. The highest BCUT2D eigenvalue weighted by Crippen LogP contribution is 2.33. The van der Waals surface area contributed by atoms with Gasteiger partial charge in [-0.3, -0.25) is 0 Å². The van der Waals surface area contributed by atoms with Crippen molar-refractivity contribution < 1.29 is 27.8 Å². The third-order valence-corrected chi connectivity index (χ3v) is 4.29. The van der Waals surface area contributed by atoms with Crippen LogP contribution in [-0.4, -0.2) is 25.9 Å². The molecule has 0 N–H and O–H groups in total. The van der Waals surface area contributed by atoms with Crippen molar-refractivity contribution in [3.05, 3.63) is 41.3 Å². The van der Waals surface area contributed by atoms with E-state index in [0.717, 1.165) is 0 Å². The topological polar surface area (TPSA) is 105 Å². The van der Waals surface area contributed by atoms with Gasteiger partial charge in [0.25, 0.3) is 10.0 Å². The van der Waals surface area contributed by atoms with Gasteiger partial charge in [0.2, 0.25) is 0 Å². The zero-order chi connectivity index (χ0) is 15.4. The van der Waals surface area contributed by atoms with E-state index >= 15 is 0 Å². The Hall–Kier alpha value is -2.35. The van der Waals surface area contributed by atoms with E-state index in [1.54, 1.807) is 6.07 Å². The van der Waals surface area contributed by atoms with Gasteiger partial charge in [-0.2, -0.15) is 12.8 Å². The molecule has 0 atom stereocenters. The maximum atomic E-state index is 12.0. The van der Waals surface area contributed by atoms with E-state index in [9.17, 15) is 18.3 Å². The number of benzene rings is 1. The number of hydrogen-bond acceptors (Lipinski definition) is 6. The SMILES string of the molecule is CC1(C)OC(=O)C(C2=NS(=O)(=O)c3ccccc32)=C([O-])O1. The zero-order valence-corrected chi connectivity index (χ0v) is 11.9. The molecule has 8 heteroatoms. The number of carbonyl (C=O) groups is 1. The average Bonchev–Trinajstić information content (AvgIpc) is 2.60. The summed E-state index contributed by atoms with van der Waals surface area (Å²) in [5, 5.41) is 12.0. The van der Waals surface area contributed by atoms with Crippen LogP contribution in [0.1, 0.15) is 19.4 Å². The van der Waals surface area contributed by atoms with Crippen LogP contribution in [0, 0.1) is 0 Å². The second-order valence-corrected chi connectivity index (χ2v) is 6.54. The molecule has 0 amide bonds. The summed E-state index contributed by atoms with van der Waals surface area (Å²) in [6.07, 6.45) is 0. The van der Waals surface area contributed by atoms with E-state index in [1.165, 1.54) is 32.0 Å². The molecule has 0 saturated heterocycles. The third-order valence-electron chi connectivity index (χ3n) is 2.95. The summed E-state index contributed by atoms with van der Waals surface area (Å²) >= 11 is 0. The average molecular weight is 308 g/mol. The first-order chi connectivity index (χ1) is 9.71. The van der Waals surface area contributed by atoms with Crippen LogP contribution in [0.4, 0.5) is 0 Å². The summed E-state index contributed by atoms with van der Waals surface area (Å²) in [7, 11) is -3.93. The van der Waals surface area contributed by atoms with Gasteiger partial charge in [-0.25, -0.2) is 4.79 Å². The molecule has 110 valence electrons. The second-order valence-electron chi connectivity index (χ2n) is 4.96. The fourth-order valence-electron chi connectivity index (χ4n) is 2.13. The summed E-state index contributed by atoms with van der Waals surface area (Å²) in [5.74, 6) is -3.31. The molecule has 1 aromatic rings. The normalized spacial score (nSPS) is 22.2. The first-order valence-electron chi connectivity index (χ1n) is 6.00. The molecule has 0 spiro atoms. The lowest BCUT2D eigenvalue weighted by molar-refractivity contribution is -0.393. The Balaban J connectivity index is 2.21. The minimum absolute atomic E-state index is 0.0575. The number of sulfonamides is 1. The predicted molar refractivity (Wildman–Crippen MR) is 68.4 cm³/mol. The Kier molecular flexibility index (Phi) is 2.64. The summed E-state index contributed by atoms with van der Waals surface area (Å²) in [6.45, 7) is 2.81. The summed E-state index contributed by atoms with van der Waals surface area (Å²) < 4.78 is 37.3. The van der Waals surface area contributed by atoms with Crippen LogP contribution < -0.4 is 5.11 Å². The molecule has 2 aliphatic rings. The Labute approximate surface area is 120 Å².